The van der Waals surface area contributed by atoms with Crippen molar-refractivity contribution in [3.8, 4) is 0 Å². The molecule has 1 fully saturated rings. The minimum Gasteiger partial charge on any atom is -0.379 e. The zero-order valence-corrected chi connectivity index (χ0v) is 14.1. The number of nitrogens with zero attached hydrogens (tertiary/aromatic N) is 1. The molecule has 5 heteroatoms. The second-order valence-electron chi connectivity index (χ2n) is 5.25. The van der Waals surface area contributed by atoms with Crippen LogP contribution >= 0.6 is 15.9 Å². The Bertz CT molecular complexity index is 461. The number of benzene rings is 1. The maximum atomic E-state index is 11.9. The first-order chi connectivity index (χ1) is 10.2. The minimum atomic E-state index is -0.107. The molecule has 1 aliphatic rings. The second-order valence-corrected chi connectivity index (χ2v) is 6.36. The zero-order valence-electron chi connectivity index (χ0n) is 12.5. The third kappa shape index (κ3) is 5.09. The van der Waals surface area contributed by atoms with Gasteiger partial charge in [-0.1, -0.05) is 47.1 Å². The molecule has 0 saturated carbocycles. The number of nitrogens with one attached hydrogen (secondary N) is 1. The summed E-state index contributed by atoms with van der Waals surface area (Å²) < 4.78 is 5.38. The van der Waals surface area contributed by atoms with Gasteiger partial charge in [0.1, 0.15) is 0 Å². The van der Waals surface area contributed by atoms with Crippen molar-refractivity contribution in [3.05, 3.63) is 35.4 Å². The van der Waals surface area contributed by atoms with Crippen molar-refractivity contribution in [2.75, 3.05) is 26.3 Å². The molecule has 0 aliphatic carbocycles. The minimum absolute atomic E-state index is 0.0543. The van der Waals surface area contributed by atoms with Gasteiger partial charge in [0.25, 0.3) is 0 Å². The third-order valence-electron chi connectivity index (χ3n) is 3.71. The molecule has 1 amide bonds. The highest BCUT2D eigenvalue weighted by atomic mass is 79.9. The Hall–Kier alpha value is -0.910. The fourth-order valence-corrected chi connectivity index (χ4v) is 2.52. The van der Waals surface area contributed by atoms with E-state index in [4.69, 9.17) is 4.74 Å². The van der Waals surface area contributed by atoms with E-state index in [1.54, 1.807) is 0 Å². The summed E-state index contributed by atoms with van der Waals surface area (Å²) in [5.74, 6) is 0.0543. The van der Waals surface area contributed by atoms with E-state index in [9.17, 15) is 4.79 Å². The molecule has 1 saturated heterocycles. The highest BCUT2D eigenvalue weighted by Crippen LogP contribution is 2.13. The van der Waals surface area contributed by atoms with Crippen LogP contribution in [0.25, 0.3) is 0 Å². The smallest absolute Gasteiger partial charge is 0.234 e. The Morgan fingerprint density at radius 1 is 1.33 bits per heavy atom. The van der Waals surface area contributed by atoms with E-state index in [1.807, 2.05) is 13.0 Å². The van der Waals surface area contributed by atoms with Crippen LogP contribution in [0, 0.1) is 0 Å². The summed E-state index contributed by atoms with van der Waals surface area (Å²) in [7, 11) is 0. The molecule has 0 aromatic heterocycles. The van der Waals surface area contributed by atoms with Gasteiger partial charge in [-0.2, -0.15) is 0 Å². The molecule has 1 N–H and O–H groups in total. The second kappa shape index (κ2) is 8.51. The van der Waals surface area contributed by atoms with Gasteiger partial charge in [-0.05, 0) is 17.5 Å². The maximum absolute atomic E-state index is 11.9. The Morgan fingerprint density at radius 2 is 2.00 bits per heavy atom. The van der Waals surface area contributed by atoms with Crippen LogP contribution in [0.15, 0.2) is 24.3 Å². The molecule has 4 nitrogen and oxygen atoms in total. The van der Waals surface area contributed by atoms with Crippen LogP contribution < -0.4 is 5.32 Å². The quantitative estimate of drug-likeness (QED) is 0.797. The number of hydrogen-bond donors (Lipinski definition) is 1. The number of amides is 1. The van der Waals surface area contributed by atoms with Gasteiger partial charge in [-0.3, -0.25) is 9.69 Å². The normalized spacial score (nSPS) is 17.4. The maximum Gasteiger partial charge on any atom is 0.234 e. The largest absolute Gasteiger partial charge is 0.379 e. The van der Waals surface area contributed by atoms with E-state index in [0.717, 1.165) is 39.3 Å². The monoisotopic (exact) mass is 354 g/mol. The molecule has 1 aliphatic heterocycles. The van der Waals surface area contributed by atoms with Crippen molar-refractivity contribution < 1.29 is 9.53 Å². The van der Waals surface area contributed by atoms with E-state index in [1.165, 1.54) is 11.1 Å². The lowest BCUT2D eigenvalue weighted by Gasteiger charge is -2.27. The number of hydrogen-bond acceptors (Lipinski definition) is 3. The van der Waals surface area contributed by atoms with E-state index in [2.05, 4.69) is 44.3 Å². The Kier molecular flexibility index (Phi) is 6.67. The van der Waals surface area contributed by atoms with Crippen LogP contribution in [0.5, 0.6) is 0 Å². The first-order valence-corrected chi connectivity index (χ1v) is 8.41. The molecule has 1 heterocycles. The summed E-state index contributed by atoms with van der Waals surface area (Å²) in [6, 6.07) is 8.31. The van der Waals surface area contributed by atoms with Crippen LogP contribution in [-0.4, -0.2) is 41.9 Å². The summed E-state index contributed by atoms with van der Waals surface area (Å²) in [5.41, 5.74) is 2.47. The fourth-order valence-electron chi connectivity index (χ4n) is 2.36. The van der Waals surface area contributed by atoms with Gasteiger partial charge >= 0.3 is 0 Å². The van der Waals surface area contributed by atoms with E-state index < -0.39 is 0 Å². The van der Waals surface area contributed by atoms with Crippen molar-refractivity contribution in [1.29, 1.82) is 0 Å². The lowest BCUT2D eigenvalue weighted by atomic mass is 10.1. The molecule has 116 valence electrons. The van der Waals surface area contributed by atoms with Crippen molar-refractivity contribution in [3.63, 3.8) is 0 Å². The lowest BCUT2D eigenvalue weighted by molar-refractivity contribution is -0.120. The number of rotatable bonds is 6. The van der Waals surface area contributed by atoms with Crippen molar-refractivity contribution in [2.24, 2.45) is 0 Å². The Labute approximate surface area is 135 Å². The molecule has 1 aromatic rings. The van der Waals surface area contributed by atoms with Crippen molar-refractivity contribution >= 4 is 21.8 Å². The third-order valence-corrected chi connectivity index (χ3v) is 4.78. The first-order valence-electron chi connectivity index (χ1n) is 7.49. The summed E-state index contributed by atoms with van der Waals surface area (Å²) in [4.78, 5) is 14.1. The van der Waals surface area contributed by atoms with Crippen LogP contribution in [0.3, 0.4) is 0 Å². The van der Waals surface area contributed by atoms with Crippen LogP contribution in [0.4, 0.5) is 0 Å². The molecule has 0 spiro atoms. The summed E-state index contributed by atoms with van der Waals surface area (Å²) >= 11 is 3.38. The molecule has 0 bridgehead atoms. The molecule has 1 unspecified atom stereocenters. The highest BCUT2D eigenvalue weighted by Gasteiger charge is 2.14. The molecule has 1 atom stereocenters. The van der Waals surface area contributed by atoms with E-state index in [-0.39, 0.29) is 10.7 Å². The molecule has 2 rings (SSSR count). The first kappa shape index (κ1) is 16.5. The molecule has 0 radical (unpaired) electrons. The van der Waals surface area contributed by atoms with Crippen LogP contribution in [0.2, 0.25) is 0 Å². The number of alkyl halides is 1. The van der Waals surface area contributed by atoms with Gasteiger partial charge in [0.15, 0.2) is 0 Å². The molecule has 1 aromatic carbocycles. The highest BCUT2D eigenvalue weighted by molar-refractivity contribution is 9.10. The number of halogens is 1. The summed E-state index contributed by atoms with van der Waals surface area (Å²) in [6.07, 6.45) is 0.793. The van der Waals surface area contributed by atoms with Gasteiger partial charge < -0.3 is 10.1 Å². The molecular weight excluding hydrogens is 332 g/mol. The molecular formula is C16H23BrN2O2. The average molecular weight is 355 g/mol. The zero-order chi connectivity index (χ0) is 15.1. The Morgan fingerprint density at radius 3 is 2.67 bits per heavy atom. The fraction of sp³-hybridized carbons (Fsp3) is 0.562. The van der Waals surface area contributed by atoms with E-state index >= 15 is 0 Å². The SMILES string of the molecule is CCC(Br)C(=O)NCc1ccccc1CN1CCOCC1. The van der Waals surface area contributed by atoms with Crippen molar-refractivity contribution in [2.45, 2.75) is 31.3 Å². The Balaban J connectivity index is 1.94. The average Bonchev–Trinajstić information content (AvgIpc) is 2.54. The van der Waals surface area contributed by atoms with Gasteiger partial charge in [0.05, 0.1) is 18.0 Å². The van der Waals surface area contributed by atoms with Gasteiger partial charge in [-0.15, -0.1) is 0 Å². The predicted molar refractivity (Wildman–Crippen MR) is 87.4 cm³/mol. The van der Waals surface area contributed by atoms with Crippen LogP contribution in [0.1, 0.15) is 24.5 Å². The number of morpholine rings is 1. The standard InChI is InChI=1S/C16H23BrN2O2/c1-2-15(17)16(20)18-11-13-5-3-4-6-14(13)12-19-7-9-21-10-8-19/h3-6,15H,2,7-12H2,1H3,(H,18,20). The predicted octanol–water partition coefficient (Wildman–Crippen LogP) is 2.31. The van der Waals surface area contributed by atoms with Crippen molar-refractivity contribution in [1.82, 2.24) is 10.2 Å². The molecule has 21 heavy (non-hydrogen) atoms. The van der Waals surface area contributed by atoms with Gasteiger partial charge in [0, 0.05) is 26.2 Å². The number of carbonyl (C=O) groups is 1. The lowest BCUT2D eigenvalue weighted by Crippen LogP contribution is -2.36. The summed E-state index contributed by atoms with van der Waals surface area (Å²) in [5, 5.41) is 3.00. The van der Waals surface area contributed by atoms with Gasteiger partial charge in [-0.25, -0.2) is 0 Å². The van der Waals surface area contributed by atoms with Crippen LogP contribution in [-0.2, 0) is 22.6 Å². The summed E-state index contributed by atoms with van der Waals surface area (Å²) in [6.45, 7) is 7.05. The number of ether oxygens (including phenoxy) is 1. The van der Waals surface area contributed by atoms with Gasteiger partial charge in [0.2, 0.25) is 5.91 Å². The number of carbonyl (C=O) groups excluding carboxylic acids is 1. The topological polar surface area (TPSA) is 41.6 Å². The van der Waals surface area contributed by atoms with E-state index in [0.29, 0.717) is 6.54 Å².